The minimum Gasteiger partial charge on any atom is -0.372 e. The predicted molar refractivity (Wildman–Crippen MR) is 96.0 cm³/mol. The Morgan fingerprint density at radius 1 is 1.11 bits per heavy atom. The number of sulfonamides is 1. The number of hydrogen-bond donors (Lipinski definition) is 1. The highest BCUT2D eigenvalue weighted by Crippen LogP contribution is 2.15. The fourth-order valence-corrected chi connectivity index (χ4v) is 3.40. The molecule has 2 N–H and O–H groups in total. The van der Waals surface area contributed by atoms with Crippen LogP contribution in [0.2, 0.25) is 0 Å². The summed E-state index contributed by atoms with van der Waals surface area (Å²) in [6.45, 7) is 1.81. The summed E-state index contributed by atoms with van der Waals surface area (Å²) in [4.78, 5) is 16.2. The quantitative estimate of drug-likeness (QED) is 0.630. The average Bonchev–Trinajstić information content (AvgIpc) is 2.60. The summed E-state index contributed by atoms with van der Waals surface area (Å²) >= 11 is 0. The van der Waals surface area contributed by atoms with Crippen LogP contribution in [0.3, 0.4) is 0 Å². The van der Waals surface area contributed by atoms with E-state index in [-0.39, 0.29) is 23.8 Å². The number of halogens is 3. The number of benzene rings is 1. The summed E-state index contributed by atoms with van der Waals surface area (Å²) in [6, 6.07) is 5.87. The minimum absolute atomic E-state index is 0.00322. The van der Waals surface area contributed by atoms with Crippen molar-refractivity contribution in [2.75, 3.05) is 45.9 Å². The zero-order valence-electron chi connectivity index (χ0n) is 15.3. The van der Waals surface area contributed by atoms with E-state index in [0.29, 0.717) is 44.7 Å². The Balaban J connectivity index is 1.69. The lowest BCUT2D eigenvalue weighted by Gasteiger charge is -2.34. The number of nitrogens with zero attached hydrogens (tertiary/aromatic N) is 2. The summed E-state index contributed by atoms with van der Waals surface area (Å²) in [5.41, 5.74) is 0.696. The molecular formula is C17H24F3N3O4S. The van der Waals surface area contributed by atoms with Gasteiger partial charge in [0.05, 0.1) is 11.3 Å². The molecule has 0 aromatic heterocycles. The highest BCUT2D eigenvalue weighted by atomic mass is 32.2. The second-order valence-corrected chi connectivity index (χ2v) is 8.17. The molecule has 0 atom stereocenters. The van der Waals surface area contributed by atoms with Crippen LogP contribution in [0.4, 0.5) is 13.2 Å². The SMILES string of the molecule is NS(=O)(=O)c1ccc(CC(=O)N2CCN(CCCOCC(F)(F)F)CC2)cc1. The number of ether oxygens (including phenoxy) is 1. The van der Waals surface area contributed by atoms with Gasteiger partial charge in [0.1, 0.15) is 6.61 Å². The van der Waals surface area contributed by atoms with E-state index in [0.717, 1.165) is 0 Å². The van der Waals surface area contributed by atoms with Crippen LogP contribution >= 0.6 is 0 Å². The number of hydrogen-bond acceptors (Lipinski definition) is 5. The summed E-state index contributed by atoms with van der Waals surface area (Å²) in [6.07, 6.45) is -3.64. The number of rotatable bonds is 8. The molecule has 28 heavy (non-hydrogen) atoms. The third-order valence-electron chi connectivity index (χ3n) is 4.36. The molecule has 11 heteroatoms. The average molecular weight is 423 g/mol. The van der Waals surface area contributed by atoms with Crippen LogP contribution in [-0.4, -0.2) is 76.2 Å². The molecule has 158 valence electrons. The molecular weight excluding hydrogens is 399 g/mol. The summed E-state index contributed by atoms with van der Waals surface area (Å²) < 4.78 is 63.0. The number of piperazine rings is 1. The molecule has 1 saturated heterocycles. The van der Waals surface area contributed by atoms with Crippen molar-refractivity contribution in [3.05, 3.63) is 29.8 Å². The van der Waals surface area contributed by atoms with Gasteiger partial charge in [-0.1, -0.05) is 12.1 Å². The lowest BCUT2D eigenvalue weighted by Crippen LogP contribution is -2.49. The molecule has 0 saturated carbocycles. The molecule has 1 fully saturated rings. The highest BCUT2D eigenvalue weighted by molar-refractivity contribution is 7.89. The van der Waals surface area contributed by atoms with Crippen LogP contribution in [0.1, 0.15) is 12.0 Å². The predicted octanol–water partition coefficient (Wildman–Crippen LogP) is 0.990. The molecule has 7 nitrogen and oxygen atoms in total. The number of alkyl halides is 3. The zero-order valence-corrected chi connectivity index (χ0v) is 16.1. The largest absolute Gasteiger partial charge is 0.411 e. The molecule has 1 aliphatic rings. The molecule has 1 aromatic rings. The first-order chi connectivity index (χ1) is 13.0. The van der Waals surface area contributed by atoms with Crippen LogP contribution < -0.4 is 5.14 Å². The Morgan fingerprint density at radius 2 is 1.71 bits per heavy atom. The van der Waals surface area contributed by atoms with Crippen LogP contribution in [0, 0.1) is 0 Å². The van der Waals surface area contributed by atoms with Crippen molar-refractivity contribution in [1.29, 1.82) is 0 Å². The minimum atomic E-state index is -4.30. The molecule has 1 aliphatic heterocycles. The van der Waals surface area contributed by atoms with E-state index < -0.39 is 22.8 Å². The number of primary sulfonamides is 1. The maximum Gasteiger partial charge on any atom is 0.411 e. The lowest BCUT2D eigenvalue weighted by atomic mass is 10.1. The molecule has 2 rings (SSSR count). The second-order valence-electron chi connectivity index (χ2n) is 6.61. The van der Waals surface area contributed by atoms with Gasteiger partial charge in [-0.3, -0.25) is 9.69 Å². The standard InChI is InChI=1S/C17H24F3N3O4S/c18-17(19,20)13-27-11-1-6-22-7-9-23(10-8-22)16(24)12-14-2-4-15(5-3-14)28(21,25)26/h2-5H,1,6-13H2,(H2,21,25,26). The first-order valence-electron chi connectivity index (χ1n) is 8.81. The van der Waals surface area contributed by atoms with Crippen molar-refractivity contribution in [1.82, 2.24) is 9.80 Å². The highest BCUT2D eigenvalue weighted by Gasteiger charge is 2.27. The summed E-state index contributed by atoms with van der Waals surface area (Å²) in [5.74, 6) is -0.0588. The van der Waals surface area contributed by atoms with Crippen molar-refractivity contribution >= 4 is 15.9 Å². The first-order valence-corrected chi connectivity index (χ1v) is 10.4. The third kappa shape index (κ3) is 7.74. The van der Waals surface area contributed by atoms with E-state index in [1.165, 1.54) is 12.1 Å². The number of nitrogens with two attached hydrogens (primary N) is 1. The Labute approximate surface area is 162 Å². The van der Waals surface area contributed by atoms with E-state index >= 15 is 0 Å². The maximum absolute atomic E-state index is 12.4. The number of amides is 1. The van der Waals surface area contributed by atoms with E-state index in [2.05, 4.69) is 9.64 Å². The number of carbonyl (C=O) groups excluding carboxylic acids is 1. The van der Waals surface area contributed by atoms with Gasteiger partial charge in [-0.05, 0) is 24.1 Å². The van der Waals surface area contributed by atoms with Gasteiger partial charge in [-0.15, -0.1) is 0 Å². The number of carbonyl (C=O) groups is 1. The molecule has 1 aromatic carbocycles. The van der Waals surface area contributed by atoms with Gasteiger partial charge >= 0.3 is 6.18 Å². The van der Waals surface area contributed by atoms with Crippen molar-refractivity contribution in [3.8, 4) is 0 Å². The molecule has 0 unspecified atom stereocenters. The van der Waals surface area contributed by atoms with Gasteiger partial charge in [0.25, 0.3) is 0 Å². The lowest BCUT2D eigenvalue weighted by molar-refractivity contribution is -0.174. The molecule has 0 aliphatic carbocycles. The smallest absolute Gasteiger partial charge is 0.372 e. The molecule has 0 spiro atoms. The van der Waals surface area contributed by atoms with Gasteiger partial charge in [-0.25, -0.2) is 13.6 Å². The van der Waals surface area contributed by atoms with E-state index in [9.17, 15) is 26.4 Å². The fraction of sp³-hybridized carbons (Fsp3) is 0.588. The van der Waals surface area contributed by atoms with E-state index in [4.69, 9.17) is 5.14 Å². The fourth-order valence-electron chi connectivity index (χ4n) is 2.88. The van der Waals surface area contributed by atoms with E-state index in [1.807, 2.05) is 0 Å². The van der Waals surface area contributed by atoms with Gasteiger partial charge in [0.2, 0.25) is 15.9 Å². The van der Waals surface area contributed by atoms with Crippen molar-refractivity contribution in [2.45, 2.75) is 23.9 Å². The maximum atomic E-state index is 12.4. The van der Waals surface area contributed by atoms with Crippen LogP contribution in [0.15, 0.2) is 29.2 Å². The van der Waals surface area contributed by atoms with Crippen LogP contribution in [0.5, 0.6) is 0 Å². The summed E-state index contributed by atoms with van der Waals surface area (Å²) in [5, 5.41) is 5.04. The Kier molecular flexibility index (Phi) is 7.81. The third-order valence-corrected chi connectivity index (χ3v) is 5.29. The van der Waals surface area contributed by atoms with Gasteiger partial charge < -0.3 is 9.64 Å². The van der Waals surface area contributed by atoms with Gasteiger partial charge in [0.15, 0.2) is 0 Å². The summed E-state index contributed by atoms with van der Waals surface area (Å²) in [7, 11) is -3.76. The van der Waals surface area contributed by atoms with Crippen LogP contribution in [0.25, 0.3) is 0 Å². The molecule has 0 bridgehead atoms. The van der Waals surface area contributed by atoms with E-state index in [1.54, 1.807) is 17.0 Å². The van der Waals surface area contributed by atoms with Crippen molar-refractivity contribution in [2.24, 2.45) is 5.14 Å². The van der Waals surface area contributed by atoms with Crippen LogP contribution in [-0.2, 0) is 26.0 Å². The van der Waals surface area contributed by atoms with Crippen molar-refractivity contribution < 1.29 is 31.1 Å². The second kappa shape index (κ2) is 9.68. The normalized spacial score (nSPS) is 16.4. The monoisotopic (exact) mass is 423 g/mol. The van der Waals surface area contributed by atoms with Gasteiger partial charge in [0, 0.05) is 39.3 Å². The first kappa shape index (κ1) is 22.6. The molecule has 1 heterocycles. The molecule has 0 radical (unpaired) electrons. The Morgan fingerprint density at radius 3 is 2.25 bits per heavy atom. The van der Waals surface area contributed by atoms with Crippen molar-refractivity contribution in [3.63, 3.8) is 0 Å². The molecule has 1 amide bonds. The zero-order chi connectivity index (χ0) is 20.8. The Bertz CT molecular complexity index is 746. The Hall–Kier alpha value is -1.69. The topological polar surface area (TPSA) is 92.9 Å². The van der Waals surface area contributed by atoms with Gasteiger partial charge in [-0.2, -0.15) is 13.2 Å².